The van der Waals surface area contributed by atoms with E-state index in [1.807, 2.05) is 63.3 Å². The summed E-state index contributed by atoms with van der Waals surface area (Å²) in [5, 5.41) is 9.51. The zero-order valence-electron chi connectivity index (χ0n) is 12.1. The molecule has 104 valence electrons. The Kier molecular flexibility index (Phi) is 4.53. The number of aliphatic hydroxyl groups is 1. The van der Waals surface area contributed by atoms with Crippen molar-refractivity contribution in [1.82, 2.24) is 4.98 Å². The number of pyridine rings is 1. The highest BCUT2D eigenvalue weighted by Crippen LogP contribution is 2.29. The van der Waals surface area contributed by atoms with Crippen molar-refractivity contribution in [3.8, 4) is 11.6 Å². The number of allylic oxidation sites excluding steroid dienone is 1. The Hall–Kier alpha value is -2.13. The minimum atomic E-state index is -0.0831. The summed E-state index contributed by atoms with van der Waals surface area (Å²) in [5.74, 6) is 1.21. The second kappa shape index (κ2) is 6.35. The zero-order chi connectivity index (χ0) is 14.5. The smallest absolute Gasteiger partial charge is 0.225 e. The zero-order valence-corrected chi connectivity index (χ0v) is 12.1. The molecule has 0 saturated carbocycles. The number of rotatable bonds is 4. The van der Waals surface area contributed by atoms with Crippen LogP contribution < -0.4 is 4.74 Å². The molecule has 0 saturated heterocycles. The van der Waals surface area contributed by atoms with Gasteiger partial charge in [0.15, 0.2) is 0 Å². The van der Waals surface area contributed by atoms with E-state index in [1.165, 1.54) is 0 Å². The van der Waals surface area contributed by atoms with Crippen LogP contribution in [0, 0.1) is 13.8 Å². The molecule has 0 unspecified atom stereocenters. The van der Waals surface area contributed by atoms with Gasteiger partial charge in [0.1, 0.15) is 5.75 Å². The normalized spacial score (nSPS) is 11.0. The minimum absolute atomic E-state index is 0.0831. The van der Waals surface area contributed by atoms with E-state index in [0.717, 1.165) is 28.1 Å². The lowest BCUT2D eigenvalue weighted by molar-refractivity contribution is 0.274. The Bertz CT molecular complexity index is 633. The molecule has 1 N–H and O–H groups in total. The second-order valence-electron chi connectivity index (χ2n) is 4.66. The van der Waals surface area contributed by atoms with Crippen LogP contribution in [0.5, 0.6) is 11.6 Å². The molecule has 1 aromatic carbocycles. The van der Waals surface area contributed by atoms with Crippen molar-refractivity contribution < 1.29 is 9.84 Å². The summed E-state index contributed by atoms with van der Waals surface area (Å²) in [6, 6.07) is 9.70. The number of hydrogen-bond acceptors (Lipinski definition) is 3. The molecule has 2 rings (SSSR count). The Labute approximate surface area is 119 Å². The van der Waals surface area contributed by atoms with E-state index in [2.05, 4.69) is 4.98 Å². The quantitative estimate of drug-likeness (QED) is 0.911. The molecule has 3 nitrogen and oxygen atoms in total. The first-order valence-electron chi connectivity index (χ1n) is 6.63. The topological polar surface area (TPSA) is 42.4 Å². The first-order valence-corrected chi connectivity index (χ1v) is 6.63. The van der Waals surface area contributed by atoms with E-state index in [1.54, 1.807) is 0 Å². The molecule has 0 aliphatic rings. The van der Waals surface area contributed by atoms with E-state index >= 15 is 0 Å². The van der Waals surface area contributed by atoms with Crippen LogP contribution >= 0.6 is 0 Å². The lowest BCUT2D eigenvalue weighted by Crippen LogP contribution is -2.00. The molecule has 1 heterocycles. The highest BCUT2D eigenvalue weighted by Gasteiger charge is 2.11. The Morgan fingerprint density at radius 2 is 2.00 bits per heavy atom. The molecule has 3 heteroatoms. The molecule has 0 fully saturated rings. The SMILES string of the molecule is C/C=C/c1ccccc1Oc1nc(C)cc(C)c1CO. The molecule has 20 heavy (non-hydrogen) atoms. The number of ether oxygens (including phenoxy) is 1. The predicted octanol–water partition coefficient (Wildman–Crippen LogP) is 4.02. The largest absolute Gasteiger partial charge is 0.438 e. The molecule has 0 bridgehead atoms. The molecule has 0 aliphatic heterocycles. The molecule has 0 atom stereocenters. The molecule has 0 radical (unpaired) electrons. The number of hydrogen-bond donors (Lipinski definition) is 1. The Morgan fingerprint density at radius 3 is 2.70 bits per heavy atom. The fraction of sp³-hybridized carbons (Fsp3) is 0.235. The summed E-state index contributed by atoms with van der Waals surface area (Å²) >= 11 is 0. The second-order valence-corrected chi connectivity index (χ2v) is 4.66. The fourth-order valence-electron chi connectivity index (χ4n) is 2.10. The van der Waals surface area contributed by atoms with Crippen LogP contribution in [-0.2, 0) is 6.61 Å². The number of nitrogens with zero attached hydrogens (tertiary/aromatic N) is 1. The van der Waals surface area contributed by atoms with Crippen molar-refractivity contribution in [1.29, 1.82) is 0 Å². The maximum Gasteiger partial charge on any atom is 0.225 e. The van der Waals surface area contributed by atoms with Crippen molar-refractivity contribution >= 4 is 6.08 Å². The third-order valence-corrected chi connectivity index (χ3v) is 3.07. The average molecular weight is 269 g/mol. The number of benzene rings is 1. The van der Waals surface area contributed by atoms with E-state index in [-0.39, 0.29) is 6.61 Å². The summed E-state index contributed by atoms with van der Waals surface area (Å²) in [6.45, 7) is 5.75. The molecule has 0 aliphatic carbocycles. The fourth-order valence-corrected chi connectivity index (χ4v) is 2.10. The van der Waals surface area contributed by atoms with Gasteiger partial charge >= 0.3 is 0 Å². The highest BCUT2D eigenvalue weighted by molar-refractivity contribution is 5.57. The van der Waals surface area contributed by atoms with E-state index < -0.39 is 0 Å². The van der Waals surface area contributed by atoms with Gasteiger partial charge in [-0.2, -0.15) is 0 Å². The van der Waals surface area contributed by atoms with Gasteiger partial charge in [0.25, 0.3) is 0 Å². The Balaban J connectivity index is 2.45. The van der Waals surface area contributed by atoms with Gasteiger partial charge in [-0.3, -0.25) is 0 Å². The monoisotopic (exact) mass is 269 g/mol. The lowest BCUT2D eigenvalue weighted by atomic mass is 10.1. The average Bonchev–Trinajstić information content (AvgIpc) is 2.41. The third kappa shape index (κ3) is 3.06. The first-order chi connectivity index (χ1) is 9.65. The molecule has 2 aromatic rings. The summed E-state index contributed by atoms with van der Waals surface area (Å²) < 4.78 is 5.92. The maximum absolute atomic E-state index is 9.51. The van der Waals surface area contributed by atoms with Gasteiger partial charge in [-0.25, -0.2) is 4.98 Å². The van der Waals surface area contributed by atoms with Crippen molar-refractivity contribution in [2.75, 3.05) is 0 Å². The van der Waals surface area contributed by atoms with Crippen LogP contribution in [0.3, 0.4) is 0 Å². The summed E-state index contributed by atoms with van der Waals surface area (Å²) in [7, 11) is 0. The van der Waals surface area contributed by atoms with E-state index in [0.29, 0.717) is 5.88 Å². The number of aliphatic hydroxyl groups excluding tert-OH is 1. The summed E-state index contributed by atoms with van der Waals surface area (Å²) in [5.41, 5.74) is 3.57. The summed E-state index contributed by atoms with van der Waals surface area (Å²) in [4.78, 5) is 4.40. The third-order valence-electron chi connectivity index (χ3n) is 3.07. The lowest BCUT2D eigenvalue weighted by Gasteiger charge is -2.13. The molecule has 1 aromatic heterocycles. The minimum Gasteiger partial charge on any atom is -0.438 e. The van der Waals surface area contributed by atoms with Crippen molar-refractivity contribution in [3.05, 3.63) is 58.8 Å². The van der Waals surface area contributed by atoms with E-state index in [4.69, 9.17) is 4.74 Å². The van der Waals surface area contributed by atoms with Crippen LogP contribution in [0.15, 0.2) is 36.4 Å². The van der Waals surface area contributed by atoms with Crippen molar-refractivity contribution in [2.24, 2.45) is 0 Å². The predicted molar refractivity (Wildman–Crippen MR) is 80.9 cm³/mol. The van der Waals surface area contributed by atoms with E-state index in [9.17, 15) is 5.11 Å². The van der Waals surface area contributed by atoms with Gasteiger partial charge in [0.2, 0.25) is 5.88 Å². The van der Waals surface area contributed by atoms with Crippen LogP contribution in [0.4, 0.5) is 0 Å². The van der Waals surface area contributed by atoms with Crippen LogP contribution in [0.2, 0.25) is 0 Å². The Morgan fingerprint density at radius 1 is 1.25 bits per heavy atom. The van der Waals surface area contributed by atoms with Crippen LogP contribution in [0.1, 0.15) is 29.3 Å². The maximum atomic E-state index is 9.51. The van der Waals surface area contributed by atoms with Gasteiger partial charge in [0.05, 0.1) is 6.61 Å². The number of para-hydroxylation sites is 1. The number of aryl methyl sites for hydroxylation is 2. The van der Waals surface area contributed by atoms with Crippen molar-refractivity contribution in [2.45, 2.75) is 27.4 Å². The molecule has 0 spiro atoms. The molecular formula is C17H19NO2. The van der Waals surface area contributed by atoms with Crippen molar-refractivity contribution in [3.63, 3.8) is 0 Å². The van der Waals surface area contributed by atoms with Gasteiger partial charge in [-0.1, -0.05) is 30.4 Å². The van der Waals surface area contributed by atoms with Gasteiger partial charge in [0, 0.05) is 16.8 Å². The van der Waals surface area contributed by atoms with Crippen LogP contribution in [-0.4, -0.2) is 10.1 Å². The summed E-state index contributed by atoms with van der Waals surface area (Å²) in [6.07, 6.45) is 3.95. The first kappa shape index (κ1) is 14.3. The highest BCUT2D eigenvalue weighted by atomic mass is 16.5. The standard InChI is InChI=1S/C17H19NO2/c1-4-7-14-8-5-6-9-16(14)20-17-15(11-19)12(2)10-13(3)18-17/h4-10,19H,11H2,1-3H3/b7-4+. The number of aromatic nitrogens is 1. The molecule has 0 amide bonds. The van der Waals surface area contributed by atoms with Crippen LogP contribution in [0.25, 0.3) is 6.08 Å². The van der Waals surface area contributed by atoms with Gasteiger partial charge < -0.3 is 9.84 Å². The molecular weight excluding hydrogens is 250 g/mol. The van der Waals surface area contributed by atoms with Gasteiger partial charge in [-0.15, -0.1) is 0 Å². The van der Waals surface area contributed by atoms with Gasteiger partial charge in [-0.05, 0) is 38.5 Å².